The average Bonchev–Trinajstić information content (AvgIpc) is 2.28. The molecule has 1 amide bonds. The maximum atomic E-state index is 12.0. The molecule has 3 heteroatoms. The van der Waals surface area contributed by atoms with Gasteiger partial charge in [-0.1, -0.05) is 13.8 Å². The van der Waals surface area contributed by atoms with Gasteiger partial charge < -0.3 is 10.2 Å². The molecule has 1 fully saturated rings. The van der Waals surface area contributed by atoms with Gasteiger partial charge in [-0.2, -0.15) is 0 Å². The van der Waals surface area contributed by atoms with Crippen molar-refractivity contribution in [2.45, 2.75) is 46.0 Å². The number of hydrogen-bond donors (Lipinski definition) is 1. The summed E-state index contributed by atoms with van der Waals surface area (Å²) in [6.45, 7) is 6.28. The van der Waals surface area contributed by atoms with Gasteiger partial charge in [0.05, 0.1) is 0 Å². The molecule has 0 aromatic heterocycles. The van der Waals surface area contributed by atoms with Crippen LogP contribution in [0.3, 0.4) is 0 Å². The van der Waals surface area contributed by atoms with Crippen LogP contribution in [0.5, 0.6) is 0 Å². The first kappa shape index (κ1) is 15.5. The van der Waals surface area contributed by atoms with Crippen LogP contribution in [-0.4, -0.2) is 38.0 Å². The minimum atomic E-state index is 0.274. The Bertz CT molecular complexity index is 243. The van der Waals surface area contributed by atoms with Crippen LogP contribution in [0.2, 0.25) is 0 Å². The first-order valence-corrected chi connectivity index (χ1v) is 7.41. The summed E-state index contributed by atoms with van der Waals surface area (Å²) in [5, 5.41) is 3.06. The molecule has 1 aliphatic rings. The van der Waals surface area contributed by atoms with E-state index in [0.29, 0.717) is 0 Å². The number of amides is 1. The summed E-state index contributed by atoms with van der Waals surface area (Å²) in [4.78, 5) is 14.1. The summed E-state index contributed by atoms with van der Waals surface area (Å²) in [7, 11) is 4.06. The van der Waals surface area contributed by atoms with E-state index in [-0.39, 0.29) is 11.8 Å². The highest BCUT2D eigenvalue weighted by molar-refractivity contribution is 5.78. The Morgan fingerprint density at radius 1 is 1.22 bits per heavy atom. The fourth-order valence-electron chi connectivity index (χ4n) is 2.87. The predicted molar refractivity (Wildman–Crippen MR) is 76.5 cm³/mol. The van der Waals surface area contributed by atoms with Crippen molar-refractivity contribution in [3.05, 3.63) is 0 Å². The number of hydrogen-bond acceptors (Lipinski definition) is 2. The minimum absolute atomic E-state index is 0.274. The normalized spacial score (nSPS) is 24.6. The van der Waals surface area contributed by atoms with Crippen molar-refractivity contribution >= 4 is 5.91 Å². The van der Waals surface area contributed by atoms with E-state index < -0.39 is 0 Å². The van der Waals surface area contributed by atoms with E-state index in [1.54, 1.807) is 0 Å². The molecule has 0 spiro atoms. The van der Waals surface area contributed by atoms with Crippen molar-refractivity contribution in [3.8, 4) is 0 Å². The lowest BCUT2D eigenvalue weighted by Crippen LogP contribution is -2.37. The summed E-state index contributed by atoms with van der Waals surface area (Å²) < 4.78 is 0. The quantitative estimate of drug-likeness (QED) is 0.790. The molecular weight excluding hydrogens is 224 g/mol. The minimum Gasteiger partial charge on any atom is -0.355 e. The van der Waals surface area contributed by atoms with Gasteiger partial charge in [0.25, 0.3) is 0 Å². The van der Waals surface area contributed by atoms with Crippen molar-refractivity contribution < 1.29 is 4.79 Å². The Balaban J connectivity index is 2.19. The molecular formula is C15H30N2O. The van der Waals surface area contributed by atoms with E-state index in [2.05, 4.69) is 24.1 Å². The van der Waals surface area contributed by atoms with E-state index in [1.807, 2.05) is 14.1 Å². The molecule has 3 nitrogen and oxygen atoms in total. The molecule has 0 radical (unpaired) electrons. The molecule has 1 saturated carbocycles. The van der Waals surface area contributed by atoms with Crippen LogP contribution in [-0.2, 0) is 4.79 Å². The monoisotopic (exact) mass is 254 g/mol. The molecule has 1 N–H and O–H groups in total. The van der Waals surface area contributed by atoms with Crippen LogP contribution in [0.25, 0.3) is 0 Å². The fourth-order valence-corrected chi connectivity index (χ4v) is 2.87. The maximum absolute atomic E-state index is 12.0. The van der Waals surface area contributed by atoms with Gasteiger partial charge in [0.15, 0.2) is 0 Å². The highest BCUT2D eigenvalue weighted by Gasteiger charge is 2.26. The van der Waals surface area contributed by atoms with Crippen LogP contribution in [0.1, 0.15) is 46.0 Å². The largest absolute Gasteiger partial charge is 0.355 e. The summed E-state index contributed by atoms with van der Waals surface area (Å²) in [5.74, 6) is 2.20. The molecule has 106 valence electrons. The topological polar surface area (TPSA) is 32.3 Å². The number of likely N-dealkylation sites (N-methyl/N-ethyl adjacent to an activating group) is 1. The summed E-state index contributed by atoms with van der Waals surface area (Å²) in [5.41, 5.74) is 0. The first-order chi connectivity index (χ1) is 8.49. The van der Waals surface area contributed by atoms with Gasteiger partial charge in [0, 0.05) is 19.0 Å². The van der Waals surface area contributed by atoms with E-state index in [4.69, 9.17) is 0 Å². The Morgan fingerprint density at radius 3 is 2.33 bits per heavy atom. The number of carbonyl (C=O) groups is 1. The van der Waals surface area contributed by atoms with Crippen molar-refractivity contribution in [3.63, 3.8) is 0 Å². The number of nitrogens with zero attached hydrogens (tertiary/aromatic N) is 1. The molecule has 0 unspecified atom stereocenters. The smallest absolute Gasteiger partial charge is 0.223 e. The Labute approximate surface area is 112 Å². The van der Waals surface area contributed by atoms with Gasteiger partial charge in [-0.15, -0.1) is 0 Å². The summed E-state index contributed by atoms with van der Waals surface area (Å²) >= 11 is 0. The Hall–Kier alpha value is -0.570. The third kappa shape index (κ3) is 5.85. The zero-order valence-corrected chi connectivity index (χ0v) is 12.5. The van der Waals surface area contributed by atoms with Crippen LogP contribution in [0.15, 0.2) is 0 Å². The molecule has 0 bridgehead atoms. The van der Waals surface area contributed by atoms with E-state index in [9.17, 15) is 4.79 Å². The summed E-state index contributed by atoms with van der Waals surface area (Å²) in [6, 6.07) is 0. The van der Waals surface area contributed by atoms with Crippen LogP contribution < -0.4 is 5.32 Å². The van der Waals surface area contributed by atoms with Crippen molar-refractivity contribution in [2.24, 2.45) is 17.8 Å². The van der Waals surface area contributed by atoms with E-state index >= 15 is 0 Å². The highest BCUT2D eigenvalue weighted by atomic mass is 16.1. The lowest BCUT2D eigenvalue weighted by atomic mass is 9.78. The van der Waals surface area contributed by atoms with Crippen molar-refractivity contribution in [2.75, 3.05) is 27.2 Å². The second kappa shape index (κ2) is 7.78. The van der Waals surface area contributed by atoms with Gasteiger partial charge in [0.2, 0.25) is 5.91 Å². The van der Waals surface area contributed by atoms with Gasteiger partial charge in [0.1, 0.15) is 0 Å². The molecule has 0 atom stereocenters. The lowest BCUT2D eigenvalue weighted by Gasteiger charge is -2.28. The van der Waals surface area contributed by atoms with Crippen molar-refractivity contribution in [1.29, 1.82) is 0 Å². The lowest BCUT2D eigenvalue weighted by molar-refractivity contribution is -0.126. The zero-order valence-electron chi connectivity index (χ0n) is 12.5. The fraction of sp³-hybridized carbons (Fsp3) is 0.933. The number of rotatable bonds is 6. The second-order valence-corrected chi connectivity index (χ2v) is 6.44. The molecule has 1 aliphatic carbocycles. The Morgan fingerprint density at radius 2 is 1.83 bits per heavy atom. The molecule has 0 heterocycles. The maximum Gasteiger partial charge on any atom is 0.223 e. The average molecular weight is 254 g/mol. The predicted octanol–water partition coefficient (Wildman–Crippen LogP) is 2.52. The summed E-state index contributed by atoms with van der Waals surface area (Å²) in [6.07, 6.45) is 5.99. The van der Waals surface area contributed by atoms with Crippen LogP contribution in [0, 0.1) is 17.8 Å². The SMILES string of the molecule is CC(C)CC1CCC(C(=O)NCCN(C)C)CC1. The number of carbonyl (C=O) groups excluding carboxylic acids is 1. The van der Waals surface area contributed by atoms with Gasteiger partial charge >= 0.3 is 0 Å². The molecule has 18 heavy (non-hydrogen) atoms. The van der Waals surface area contributed by atoms with Gasteiger partial charge in [-0.05, 0) is 58.0 Å². The number of nitrogens with one attached hydrogen (secondary N) is 1. The third-order valence-corrected chi connectivity index (χ3v) is 3.88. The molecule has 0 aliphatic heterocycles. The Kier molecular flexibility index (Phi) is 6.69. The van der Waals surface area contributed by atoms with Crippen LogP contribution >= 0.6 is 0 Å². The molecule has 1 rings (SSSR count). The van der Waals surface area contributed by atoms with Gasteiger partial charge in [-0.3, -0.25) is 4.79 Å². The molecule has 0 aromatic carbocycles. The van der Waals surface area contributed by atoms with Crippen LogP contribution in [0.4, 0.5) is 0 Å². The molecule has 0 saturated heterocycles. The molecule has 0 aromatic rings. The van der Waals surface area contributed by atoms with Gasteiger partial charge in [-0.25, -0.2) is 0 Å². The van der Waals surface area contributed by atoms with E-state index in [1.165, 1.54) is 19.3 Å². The van der Waals surface area contributed by atoms with Crippen molar-refractivity contribution in [1.82, 2.24) is 10.2 Å². The zero-order chi connectivity index (χ0) is 13.5. The second-order valence-electron chi connectivity index (χ2n) is 6.44. The van der Waals surface area contributed by atoms with E-state index in [0.717, 1.165) is 37.8 Å². The standard InChI is InChI=1S/C15H30N2O/c1-12(2)11-13-5-7-14(8-6-13)15(18)16-9-10-17(3)4/h12-14H,5-11H2,1-4H3,(H,16,18). The first-order valence-electron chi connectivity index (χ1n) is 7.41. The third-order valence-electron chi connectivity index (χ3n) is 3.88. The highest BCUT2D eigenvalue weighted by Crippen LogP contribution is 2.32.